The molecule has 1 saturated heterocycles. The summed E-state index contributed by atoms with van der Waals surface area (Å²) in [6.07, 6.45) is 0.457. The number of hydrogen-bond acceptors (Lipinski definition) is 5. The van der Waals surface area contributed by atoms with Crippen LogP contribution in [0.15, 0.2) is 12.1 Å². The zero-order valence-electron chi connectivity index (χ0n) is 11.3. The van der Waals surface area contributed by atoms with Crippen molar-refractivity contribution in [2.45, 2.75) is 12.5 Å². The molecule has 2 unspecified atom stereocenters. The van der Waals surface area contributed by atoms with Gasteiger partial charge in [-0.3, -0.25) is 0 Å². The van der Waals surface area contributed by atoms with Crippen molar-refractivity contribution in [3.8, 4) is 23.3 Å². The van der Waals surface area contributed by atoms with E-state index in [4.69, 9.17) is 24.2 Å². The standard InChI is InChI=1S/C14H17NO4/c1-16-11-5-4-10(13(17-2)14(11)18-3)12-9(8-15)6-7-19-12/h4-5,9,12H,6-7H2,1-3H3. The van der Waals surface area contributed by atoms with Crippen molar-refractivity contribution in [1.82, 2.24) is 0 Å². The first-order valence-corrected chi connectivity index (χ1v) is 6.06. The van der Waals surface area contributed by atoms with Crippen molar-refractivity contribution in [1.29, 1.82) is 5.26 Å². The molecule has 2 rings (SSSR count). The van der Waals surface area contributed by atoms with Crippen molar-refractivity contribution in [3.05, 3.63) is 17.7 Å². The second-order valence-electron chi connectivity index (χ2n) is 4.24. The molecule has 2 atom stereocenters. The molecule has 1 heterocycles. The molecule has 0 saturated carbocycles. The number of methoxy groups -OCH3 is 3. The summed E-state index contributed by atoms with van der Waals surface area (Å²) in [5, 5.41) is 9.16. The average Bonchev–Trinajstić information content (AvgIpc) is 2.93. The Bertz CT molecular complexity index is 495. The van der Waals surface area contributed by atoms with Gasteiger partial charge in [0.25, 0.3) is 0 Å². The molecule has 102 valence electrons. The summed E-state index contributed by atoms with van der Waals surface area (Å²) in [6.45, 7) is 0.584. The topological polar surface area (TPSA) is 60.7 Å². The maximum atomic E-state index is 9.16. The zero-order valence-corrected chi connectivity index (χ0v) is 11.3. The molecule has 0 N–H and O–H groups in total. The molecular weight excluding hydrogens is 246 g/mol. The first-order chi connectivity index (χ1) is 9.26. The lowest BCUT2D eigenvalue weighted by atomic mass is 9.95. The lowest BCUT2D eigenvalue weighted by molar-refractivity contribution is 0.0978. The Labute approximate surface area is 112 Å². The first-order valence-electron chi connectivity index (χ1n) is 6.06. The summed E-state index contributed by atoms with van der Waals surface area (Å²) in [5.74, 6) is 1.52. The SMILES string of the molecule is COc1ccc(C2OCCC2C#N)c(OC)c1OC. The number of nitrogens with zero attached hydrogens (tertiary/aromatic N) is 1. The van der Waals surface area contributed by atoms with Gasteiger partial charge in [-0.25, -0.2) is 0 Å². The minimum absolute atomic E-state index is 0.160. The van der Waals surface area contributed by atoms with Crippen LogP contribution in [0, 0.1) is 17.2 Å². The quantitative estimate of drug-likeness (QED) is 0.834. The van der Waals surface area contributed by atoms with E-state index in [-0.39, 0.29) is 12.0 Å². The molecule has 0 aromatic heterocycles. The molecule has 0 amide bonds. The normalized spacial score (nSPS) is 21.8. The van der Waals surface area contributed by atoms with Crippen molar-refractivity contribution in [2.24, 2.45) is 5.92 Å². The Kier molecular flexibility index (Phi) is 4.13. The van der Waals surface area contributed by atoms with Gasteiger partial charge in [0.15, 0.2) is 11.5 Å². The Balaban J connectivity index is 2.49. The number of benzene rings is 1. The van der Waals surface area contributed by atoms with Crippen LogP contribution < -0.4 is 14.2 Å². The molecule has 0 spiro atoms. The van der Waals surface area contributed by atoms with Crippen LogP contribution >= 0.6 is 0 Å². The van der Waals surface area contributed by atoms with E-state index in [1.807, 2.05) is 6.07 Å². The van der Waals surface area contributed by atoms with E-state index in [2.05, 4.69) is 6.07 Å². The average molecular weight is 263 g/mol. The predicted octanol–water partition coefficient (Wildman–Crippen LogP) is 2.31. The predicted molar refractivity (Wildman–Crippen MR) is 68.5 cm³/mol. The molecule has 0 radical (unpaired) electrons. The molecule has 0 bridgehead atoms. The van der Waals surface area contributed by atoms with Crippen LogP contribution in [0.25, 0.3) is 0 Å². The summed E-state index contributed by atoms with van der Waals surface area (Å²) in [5.41, 5.74) is 0.823. The van der Waals surface area contributed by atoms with E-state index >= 15 is 0 Å². The summed E-state index contributed by atoms with van der Waals surface area (Å²) >= 11 is 0. The molecule has 5 nitrogen and oxygen atoms in total. The smallest absolute Gasteiger partial charge is 0.203 e. The fourth-order valence-electron chi connectivity index (χ4n) is 2.38. The van der Waals surface area contributed by atoms with Gasteiger partial charge in [-0.2, -0.15) is 5.26 Å². The molecule has 19 heavy (non-hydrogen) atoms. The van der Waals surface area contributed by atoms with E-state index in [9.17, 15) is 0 Å². The van der Waals surface area contributed by atoms with Crippen LogP contribution in [0.2, 0.25) is 0 Å². The van der Waals surface area contributed by atoms with Crippen LogP contribution in [0.5, 0.6) is 17.2 Å². The van der Waals surface area contributed by atoms with E-state index in [1.54, 1.807) is 27.4 Å². The molecule has 1 aromatic carbocycles. The van der Waals surface area contributed by atoms with Crippen LogP contribution in [0.1, 0.15) is 18.1 Å². The monoisotopic (exact) mass is 263 g/mol. The van der Waals surface area contributed by atoms with Crippen molar-refractivity contribution in [3.63, 3.8) is 0 Å². The van der Waals surface area contributed by atoms with E-state index in [0.717, 1.165) is 12.0 Å². The minimum atomic E-state index is -0.278. The molecule has 0 aliphatic carbocycles. The van der Waals surface area contributed by atoms with Gasteiger partial charge in [0.2, 0.25) is 5.75 Å². The number of ether oxygens (including phenoxy) is 4. The van der Waals surface area contributed by atoms with E-state index in [0.29, 0.717) is 23.9 Å². The summed E-state index contributed by atoms with van der Waals surface area (Å²) < 4.78 is 21.7. The lowest BCUT2D eigenvalue weighted by Crippen LogP contribution is -2.08. The van der Waals surface area contributed by atoms with E-state index < -0.39 is 0 Å². The first kappa shape index (κ1) is 13.5. The lowest BCUT2D eigenvalue weighted by Gasteiger charge is -2.20. The second kappa shape index (κ2) is 5.81. The van der Waals surface area contributed by atoms with Crippen molar-refractivity contribution in [2.75, 3.05) is 27.9 Å². The fourth-order valence-corrected chi connectivity index (χ4v) is 2.38. The molecule has 1 aromatic rings. The third-order valence-electron chi connectivity index (χ3n) is 3.30. The maximum Gasteiger partial charge on any atom is 0.203 e. The highest BCUT2D eigenvalue weighted by molar-refractivity contribution is 5.56. The van der Waals surface area contributed by atoms with Crippen LogP contribution in [-0.4, -0.2) is 27.9 Å². The van der Waals surface area contributed by atoms with Crippen molar-refractivity contribution >= 4 is 0 Å². The van der Waals surface area contributed by atoms with Crippen LogP contribution in [0.3, 0.4) is 0 Å². The van der Waals surface area contributed by atoms with Gasteiger partial charge in [0.1, 0.15) is 6.10 Å². The second-order valence-corrected chi connectivity index (χ2v) is 4.24. The summed E-state index contributed by atoms with van der Waals surface area (Å²) in [4.78, 5) is 0. The van der Waals surface area contributed by atoms with Gasteiger partial charge in [0.05, 0.1) is 33.3 Å². The number of rotatable bonds is 4. The number of nitriles is 1. The highest BCUT2D eigenvalue weighted by Gasteiger charge is 2.33. The van der Waals surface area contributed by atoms with Crippen LogP contribution in [0.4, 0.5) is 0 Å². The van der Waals surface area contributed by atoms with Crippen molar-refractivity contribution < 1.29 is 18.9 Å². The van der Waals surface area contributed by atoms with Gasteiger partial charge in [-0.05, 0) is 18.6 Å². The zero-order chi connectivity index (χ0) is 13.8. The molecular formula is C14H17NO4. The molecule has 1 aliphatic rings. The van der Waals surface area contributed by atoms with Gasteiger partial charge in [-0.1, -0.05) is 0 Å². The van der Waals surface area contributed by atoms with Gasteiger partial charge in [0, 0.05) is 12.2 Å². The van der Waals surface area contributed by atoms with E-state index in [1.165, 1.54) is 0 Å². The summed E-state index contributed by atoms with van der Waals surface area (Å²) in [7, 11) is 4.69. The molecule has 1 fully saturated rings. The highest BCUT2D eigenvalue weighted by atomic mass is 16.5. The Morgan fingerprint density at radius 2 is 1.89 bits per heavy atom. The minimum Gasteiger partial charge on any atom is -0.493 e. The van der Waals surface area contributed by atoms with Crippen LogP contribution in [-0.2, 0) is 4.74 Å². The van der Waals surface area contributed by atoms with Gasteiger partial charge in [-0.15, -0.1) is 0 Å². The third-order valence-corrected chi connectivity index (χ3v) is 3.30. The largest absolute Gasteiger partial charge is 0.493 e. The Morgan fingerprint density at radius 1 is 1.16 bits per heavy atom. The summed E-state index contributed by atoms with van der Waals surface area (Å²) in [6, 6.07) is 5.94. The fraction of sp³-hybridized carbons (Fsp3) is 0.500. The highest BCUT2D eigenvalue weighted by Crippen LogP contribution is 2.46. The van der Waals surface area contributed by atoms with Gasteiger partial charge < -0.3 is 18.9 Å². The number of hydrogen-bond donors (Lipinski definition) is 0. The Morgan fingerprint density at radius 3 is 2.47 bits per heavy atom. The third kappa shape index (κ3) is 2.32. The maximum absolute atomic E-state index is 9.16. The molecule has 5 heteroatoms. The molecule has 1 aliphatic heterocycles. The van der Waals surface area contributed by atoms with Gasteiger partial charge >= 0.3 is 0 Å². The Hall–Kier alpha value is -1.93.